The summed E-state index contributed by atoms with van der Waals surface area (Å²) in [6.45, 7) is 13.0. The monoisotopic (exact) mass is 322 g/mol. The fourth-order valence-electron chi connectivity index (χ4n) is 2.73. The van der Waals surface area contributed by atoms with Crippen molar-refractivity contribution in [3.63, 3.8) is 0 Å². The standard InChI is InChI=1S/C21H38O2/c1-6-8-14-20(16-17-23-21(22)7-2)15-10-13-19(5)12-9-11-18(3)4/h7,16,18-19H,2,6,8-15,17H2,1,3-5H3/b20-16+. The molecule has 0 spiro atoms. The lowest BCUT2D eigenvalue weighted by atomic mass is 9.93. The minimum absolute atomic E-state index is 0.338. The van der Waals surface area contributed by atoms with Crippen LogP contribution in [-0.2, 0) is 9.53 Å². The van der Waals surface area contributed by atoms with E-state index in [9.17, 15) is 4.79 Å². The summed E-state index contributed by atoms with van der Waals surface area (Å²) in [5.41, 5.74) is 1.44. The maximum absolute atomic E-state index is 11.1. The zero-order chi connectivity index (χ0) is 17.5. The molecule has 2 heteroatoms. The highest BCUT2D eigenvalue weighted by atomic mass is 16.5. The van der Waals surface area contributed by atoms with E-state index in [0.29, 0.717) is 6.61 Å². The highest BCUT2D eigenvalue weighted by Crippen LogP contribution is 2.21. The summed E-state index contributed by atoms with van der Waals surface area (Å²) in [6.07, 6.45) is 14.6. The van der Waals surface area contributed by atoms with Gasteiger partial charge in [0.05, 0.1) is 0 Å². The van der Waals surface area contributed by atoms with Crippen molar-refractivity contribution in [2.75, 3.05) is 6.61 Å². The Morgan fingerprint density at radius 1 is 1.04 bits per heavy atom. The maximum Gasteiger partial charge on any atom is 0.330 e. The molecule has 0 aliphatic carbocycles. The van der Waals surface area contributed by atoms with Gasteiger partial charge in [-0.05, 0) is 43.6 Å². The predicted octanol–water partition coefficient (Wildman–Crippen LogP) is 6.46. The molecular formula is C21H38O2. The first-order valence-electron chi connectivity index (χ1n) is 9.46. The van der Waals surface area contributed by atoms with Crippen LogP contribution in [0, 0.1) is 11.8 Å². The van der Waals surface area contributed by atoms with Gasteiger partial charge in [0.15, 0.2) is 0 Å². The number of hydrogen-bond donors (Lipinski definition) is 0. The van der Waals surface area contributed by atoms with Crippen LogP contribution in [0.25, 0.3) is 0 Å². The van der Waals surface area contributed by atoms with Crippen LogP contribution in [0.2, 0.25) is 0 Å². The van der Waals surface area contributed by atoms with E-state index in [4.69, 9.17) is 4.74 Å². The van der Waals surface area contributed by atoms with Gasteiger partial charge in [-0.2, -0.15) is 0 Å². The molecule has 23 heavy (non-hydrogen) atoms. The van der Waals surface area contributed by atoms with Crippen LogP contribution in [-0.4, -0.2) is 12.6 Å². The molecule has 1 unspecified atom stereocenters. The molecule has 0 aromatic rings. The molecule has 0 aliphatic heterocycles. The Labute approximate surface area is 144 Å². The van der Waals surface area contributed by atoms with E-state index in [1.54, 1.807) is 0 Å². The van der Waals surface area contributed by atoms with Gasteiger partial charge in [0.25, 0.3) is 0 Å². The Hall–Kier alpha value is -1.05. The Kier molecular flexibility index (Phi) is 13.9. The fourth-order valence-corrected chi connectivity index (χ4v) is 2.73. The number of unbranched alkanes of at least 4 members (excludes halogenated alkanes) is 1. The molecule has 0 amide bonds. The van der Waals surface area contributed by atoms with Crippen molar-refractivity contribution in [3.8, 4) is 0 Å². The molecular weight excluding hydrogens is 284 g/mol. The summed E-state index contributed by atoms with van der Waals surface area (Å²) in [4.78, 5) is 11.1. The van der Waals surface area contributed by atoms with Crippen molar-refractivity contribution in [1.29, 1.82) is 0 Å². The summed E-state index contributed by atoms with van der Waals surface area (Å²) in [5.74, 6) is 1.30. The predicted molar refractivity (Wildman–Crippen MR) is 100 cm³/mol. The second-order valence-corrected chi connectivity index (χ2v) is 7.12. The molecule has 0 aromatic heterocycles. The number of esters is 1. The summed E-state index contributed by atoms with van der Waals surface area (Å²) >= 11 is 0. The topological polar surface area (TPSA) is 26.3 Å². The minimum Gasteiger partial charge on any atom is -0.458 e. The van der Waals surface area contributed by atoms with Gasteiger partial charge in [0, 0.05) is 6.08 Å². The van der Waals surface area contributed by atoms with Crippen LogP contribution < -0.4 is 0 Å². The van der Waals surface area contributed by atoms with Gasteiger partial charge in [0.2, 0.25) is 0 Å². The van der Waals surface area contributed by atoms with Crippen LogP contribution in [0.15, 0.2) is 24.3 Å². The number of rotatable bonds is 14. The van der Waals surface area contributed by atoms with E-state index in [-0.39, 0.29) is 5.97 Å². The van der Waals surface area contributed by atoms with Crippen LogP contribution >= 0.6 is 0 Å². The fraction of sp³-hybridized carbons (Fsp3) is 0.762. The van der Waals surface area contributed by atoms with E-state index in [1.807, 2.05) is 0 Å². The number of hydrogen-bond acceptors (Lipinski definition) is 2. The minimum atomic E-state index is -0.338. The third-order valence-electron chi connectivity index (χ3n) is 4.29. The van der Waals surface area contributed by atoms with Gasteiger partial charge < -0.3 is 4.74 Å². The van der Waals surface area contributed by atoms with Gasteiger partial charge in [0.1, 0.15) is 6.61 Å². The zero-order valence-corrected chi connectivity index (χ0v) is 15.9. The number of carbonyl (C=O) groups is 1. The highest BCUT2D eigenvalue weighted by molar-refractivity contribution is 5.81. The molecule has 0 N–H and O–H groups in total. The number of allylic oxidation sites excluding steroid dienone is 1. The first-order valence-corrected chi connectivity index (χ1v) is 9.46. The SMILES string of the molecule is C=CC(=O)OC/C=C(\CCCC)CCCC(C)CCCC(C)C. The molecule has 0 fully saturated rings. The largest absolute Gasteiger partial charge is 0.458 e. The van der Waals surface area contributed by atoms with E-state index in [0.717, 1.165) is 24.7 Å². The van der Waals surface area contributed by atoms with E-state index < -0.39 is 0 Å². The molecule has 0 aromatic carbocycles. The smallest absolute Gasteiger partial charge is 0.330 e. The second kappa shape index (κ2) is 14.5. The third kappa shape index (κ3) is 14.3. The summed E-state index contributed by atoms with van der Waals surface area (Å²) < 4.78 is 5.07. The molecule has 0 rings (SSSR count). The molecule has 1 atom stereocenters. The number of ether oxygens (including phenoxy) is 1. The lowest BCUT2D eigenvalue weighted by Gasteiger charge is -2.13. The molecule has 0 saturated carbocycles. The van der Waals surface area contributed by atoms with Crippen molar-refractivity contribution in [1.82, 2.24) is 0 Å². The highest BCUT2D eigenvalue weighted by Gasteiger charge is 2.05. The average Bonchev–Trinajstić information content (AvgIpc) is 2.51. The summed E-state index contributed by atoms with van der Waals surface area (Å²) in [6, 6.07) is 0. The zero-order valence-electron chi connectivity index (χ0n) is 15.9. The molecule has 2 nitrogen and oxygen atoms in total. The lowest BCUT2D eigenvalue weighted by Crippen LogP contribution is -2.01. The van der Waals surface area contributed by atoms with Gasteiger partial charge in [-0.3, -0.25) is 0 Å². The van der Waals surface area contributed by atoms with Crippen LogP contribution in [0.4, 0.5) is 0 Å². The first kappa shape index (κ1) is 21.9. The van der Waals surface area contributed by atoms with Crippen LogP contribution in [0.1, 0.15) is 85.5 Å². The molecule has 0 saturated heterocycles. The van der Waals surface area contributed by atoms with Gasteiger partial charge in [-0.25, -0.2) is 4.79 Å². The summed E-state index contributed by atoms with van der Waals surface area (Å²) in [7, 11) is 0. The maximum atomic E-state index is 11.1. The van der Waals surface area contributed by atoms with E-state index in [1.165, 1.54) is 56.6 Å². The van der Waals surface area contributed by atoms with Gasteiger partial charge in [-0.15, -0.1) is 0 Å². The van der Waals surface area contributed by atoms with Gasteiger partial charge >= 0.3 is 5.97 Å². The number of carbonyl (C=O) groups excluding carboxylic acids is 1. The average molecular weight is 323 g/mol. The first-order chi connectivity index (χ1) is 11.0. The Bertz CT molecular complexity index is 342. The molecule has 0 bridgehead atoms. The van der Waals surface area contributed by atoms with Crippen molar-refractivity contribution >= 4 is 5.97 Å². The normalized spacial score (nSPS) is 13.2. The van der Waals surface area contributed by atoms with Crippen molar-refractivity contribution in [3.05, 3.63) is 24.3 Å². The van der Waals surface area contributed by atoms with Gasteiger partial charge in [-0.1, -0.05) is 72.0 Å². The molecule has 0 radical (unpaired) electrons. The Morgan fingerprint density at radius 2 is 1.70 bits per heavy atom. The molecule has 134 valence electrons. The quantitative estimate of drug-likeness (QED) is 0.208. The Morgan fingerprint density at radius 3 is 2.30 bits per heavy atom. The Balaban J connectivity index is 4.05. The van der Waals surface area contributed by atoms with Crippen molar-refractivity contribution in [2.45, 2.75) is 85.5 Å². The van der Waals surface area contributed by atoms with Crippen molar-refractivity contribution < 1.29 is 9.53 Å². The third-order valence-corrected chi connectivity index (χ3v) is 4.29. The molecule has 0 aliphatic rings. The lowest BCUT2D eigenvalue weighted by molar-refractivity contribution is -0.136. The van der Waals surface area contributed by atoms with Crippen LogP contribution in [0.3, 0.4) is 0 Å². The summed E-state index contributed by atoms with van der Waals surface area (Å²) in [5, 5.41) is 0. The second-order valence-electron chi connectivity index (χ2n) is 7.12. The van der Waals surface area contributed by atoms with E-state index in [2.05, 4.69) is 40.3 Å². The molecule has 0 heterocycles. The van der Waals surface area contributed by atoms with Crippen molar-refractivity contribution in [2.24, 2.45) is 11.8 Å². The van der Waals surface area contributed by atoms with E-state index >= 15 is 0 Å². The van der Waals surface area contributed by atoms with Crippen LogP contribution in [0.5, 0.6) is 0 Å².